The summed E-state index contributed by atoms with van der Waals surface area (Å²) in [6.07, 6.45) is 1.44. The van der Waals surface area contributed by atoms with Gasteiger partial charge in [-0.25, -0.2) is 4.79 Å². The normalized spacial score (nSPS) is 24.4. The Kier molecular flexibility index (Phi) is 2.63. The van der Waals surface area contributed by atoms with Crippen molar-refractivity contribution < 1.29 is 9.53 Å². The Hall–Kier alpha value is -0.150. The zero-order valence-electron chi connectivity index (χ0n) is 5.46. The van der Waals surface area contributed by atoms with Gasteiger partial charge in [-0.1, -0.05) is 18.5 Å². The average Bonchev–Trinajstić information content (AvgIpc) is 2.13. The van der Waals surface area contributed by atoms with Gasteiger partial charge in [-0.2, -0.15) is 0 Å². The zero-order valence-corrected chi connectivity index (χ0v) is 7.04. The second-order valence-corrected chi connectivity index (χ2v) is 3.47. The number of alkyl halides is 1. The van der Waals surface area contributed by atoms with Gasteiger partial charge in [0.1, 0.15) is 0 Å². The van der Waals surface area contributed by atoms with Gasteiger partial charge in [0.05, 0.1) is 0 Å². The van der Waals surface area contributed by atoms with Crippen LogP contribution in [0.2, 0.25) is 0 Å². The van der Waals surface area contributed by atoms with Gasteiger partial charge >= 0.3 is 5.97 Å². The molecule has 0 radical (unpaired) electrons. The van der Waals surface area contributed by atoms with E-state index in [0.29, 0.717) is 0 Å². The molecule has 0 aromatic carbocycles. The lowest BCUT2D eigenvalue weighted by Gasteiger charge is -2.02. The van der Waals surface area contributed by atoms with Gasteiger partial charge in [-0.15, -0.1) is 11.8 Å². The molecule has 1 heterocycles. The number of thioether (sulfide) groups is 1. The number of hydrogen-bond donors (Lipinski definition) is 0. The Balaban J connectivity index is 2.56. The van der Waals surface area contributed by atoms with Crippen LogP contribution >= 0.6 is 23.4 Å². The van der Waals surface area contributed by atoms with E-state index >= 15 is 0 Å². The summed E-state index contributed by atoms with van der Waals surface area (Å²) in [7, 11) is 0. The number of carbonyl (C=O) groups is 1. The molecule has 1 aliphatic rings. The highest BCUT2D eigenvalue weighted by Crippen LogP contribution is 2.28. The molecule has 2 nitrogen and oxygen atoms in total. The zero-order chi connectivity index (χ0) is 7.56. The standard InChI is InChI=1S/C6H7ClO2S/c1-2-10-4-3-5(8)9-6(4)7/h3,6H,2H2,1H3. The Morgan fingerprint density at radius 3 is 3.00 bits per heavy atom. The molecule has 0 aromatic heterocycles. The molecule has 0 fully saturated rings. The summed E-state index contributed by atoms with van der Waals surface area (Å²) in [5, 5.41) is 0. The van der Waals surface area contributed by atoms with Gasteiger partial charge in [0.25, 0.3) is 0 Å². The number of cyclic esters (lactones) is 1. The van der Waals surface area contributed by atoms with E-state index in [0.717, 1.165) is 10.7 Å². The van der Waals surface area contributed by atoms with Gasteiger partial charge in [-0.3, -0.25) is 0 Å². The minimum atomic E-state index is -0.544. The maximum Gasteiger partial charge on any atom is 0.333 e. The van der Waals surface area contributed by atoms with E-state index in [1.54, 1.807) is 0 Å². The topological polar surface area (TPSA) is 26.3 Å². The summed E-state index contributed by atoms with van der Waals surface area (Å²) in [4.78, 5) is 11.4. The van der Waals surface area contributed by atoms with Crippen molar-refractivity contribution in [3.8, 4) is 0 Å². The fourth-order valence-corrected chi connectivity index (χ4v) is 1.68. The minimum Gasteiger partial charge on any atom is -0.438 e. The molecule has 4 heteroatoms. The number of hydrogen-bond acceptors (Lipinski definition) is 3. The summed E-state index contributed by atoms with van der Waals surface area (Å²) >= 11 is 7.15. The molecule has 0 saturated heterocycles. The van der Waals surface area contributed by atoms with Crippen molar-refractivity contribution in [1.82, 2.24) is 0 Å². The predicted octanol–water partition coefficient (Wildman–Crippen LogP) is 1.75. The predicted molar refractivity (Wildman–Crippen MR) is 41.9 cm³/mol. The maximum absolute atomic E-state index is 10.5. The molecule has 0 amide bonds. The molecule has 1 unspecified atom stereocenters. The van der Waals surface area contributed by atoms with Crippen LogP contribution in [0.15, 0.2) is 11.0 Å². The van der Waals surface area contributed by atoms with Crippen molar-refractivity contribution in [2.75, 3.05) is 5.75 Å². The lowest BCUT2D eigenvalue weighted by Crippen LogP contribution is -2.00. The van der Waals surface area contributed by atoms with Gasteiger partial charge < -0.3 is 4.74 Å². The van der Waals surface area contributed by atoms with Crippen LogP contribution in [0.4, 0.5) is 0 Å². The Labute approximate surface area is 68.6 Å². The summed E-state index contributed by atoms with van der Waals surface area (Å²) in [5.74, 6) is 0.571. The van der Waals surface area contributed by atoms with Crippen molar-refractivity contribution in [1.29, 1.82) is 0 Å². The Morgan fingerprint density at radius 2 is 2.60 bits per heavy atom. The van der Waals surface area contributed by atoms with E-state index in [-0.39, 0.29) is 5.97 Å². The van der Waals surface area contributed by atoms with Crippen molar-refractivity contribution >= 4 is 29.3 Å². The highest BCUT2D eigenvalue weighted by atomic mass is 35.5. The average molecular weight is 179 g/mol. The quantitative estimate of drug-likeness (QED) is 0.476. The second kappa shape index (κ2) is 3.30. The number of halogens is 1. The van der Waals surface area contributed by atoms with Crippen LogP contribution in [-0.2, 0) is 9.53 Å². The van der Waals surface area contributed by atoms with Crippen LogP contribution in [0.25, 0.3) is 0 Å². The van der Waals surface area contributed by atoms with Crippen molar-refractivity contribution in [2.45, 2.75) is 12.5 Å². The fourth-order valence-electron chi connectivity index (χ4n) is 0.650. The maximum atomic E-state index is 10.5. The van der Waals surface area contributed by atoms with Crippen molar-refractivity contribution in [3.63, 3.8) is 0 Å². The van der Waals surface area contributed by atoms with E-state index in [2.05, 4.69) is 4.74 Å². The lowest BCUT2D eigenvalue weighted by atomic mass is 10.6. The summed E-state index contributed by atoms with van der Waals surface area (Å²) < 4.78 is 4.64. The molecule has 10 heavy (non-hydrogen) atoms. The van der Waals surface area contributed by atoms with Crippen LogP contribution in [0.3, 0.4) is 0 Å². The molecule has 0 aliphatic carbocycles. The molecule has 0 aromatic rings. The summed E-state index contributed by atoms with van der Waals surface area (Å²) in [6, 6.07) is 0. The fraction of sp³-hybridized carbons (Fsp3) is 0.500. The number of esters is 1. The SMILES string of the molecule is CCSC1=CC(=O)OC1Cl. The molecule has 1 atom stereocenters. The molecule has 1 aliphatic heterocycles. The van der Waals surface area contributed by atoms with Gasteiger partial charge in [0, 0.05) is 11.0 Å². The molecule has 0 bridgehead atoms. The first-order valence-corrected chi connectivity index (χ1v) is 4.35. The highest BCUT2D eigenvalue weighted by molar-refractivity contribution is 8.03. The van der Waals surface area contributed by atoms with Crippen LogP contribution < -0.4 is 0 Å². The van der Waals surface area contributed by atoms with Gasteiger partial charge in [0.2, 0.25) is 5.56 Å². The second-order valence-electron chi connectivity index (χ2n) is 1.73. The molecule has 56 valence electrons. The van der Waals surface area contributed by atoms with Crippen molar-refractivity contribution in [2.24, 2.45) is 0 Å². The van der Waals surface area contributed by atoms with E-state index in [4.69, 9.17) is 11.6 Å². The van der Waals surface area contributed by atoms with Gasteiger partial charge in [-0.05, 0) is 5.75 Å². The van der Waals surface area contributed by atoms with Crippen molar-refractivity contribution in [3.05, 3.63) is 11.0 Å². The van der Waals surface area contributed by atoms with Crippen LogP contribution in [-0.4, -0.2) is 17.3 Å². The molecular weight excluding hydrogens is 172 g/mol. The monoisotopic (exact) mass is 178 g/mol. The summed E-state index contributed by atoms with van der Waals surface area (Å²) in [6.45, 7) is 2.00. The number of ether oxygens (including phenoxy) is 1. The lowest BCUT2D eigenvalue weighted by molar-refractivity contribution is -0.136. The van der Waals surface area contributed by atoms with Crippen LogP contribution in [0.5, 0.6) is 0 Å². The molecular formula is C6H7ClO2S. The van der Waals surface area contributed by atoms with Crippen LogP contribution in [0.1, 0.15) is 6.92 Å². The molecule has 0 spiro atoms. The van der Waals surface area contributed by atoms with E-state index in [9.17, 15) is 4.79 Å². The molecule has 0 saturated carbocycles. The largest absolute Gasteiger partial charge is 0.438 e. The van der Waals surface area contributed by atoms with E-state index in [1.165, 1.54) is 17.8 Å². The summed E-state index contributed by atoms with van der Waals surface area (Å²) in [5.41, 5.74) is -0.544. The van der Waals surface area contributed by atoms with Gasteiger partial charge in [0.15, 0.2) is 0 Å². The number of carbonyl (C=O) groups excluding carboxylic acids is 1. The number of rotatable bonds is 2. The highest BCUT2D eigenvalue weighted by Gasteiger charge is 2.23. The Bertz CT molecular complexity index is 179. The first-order chi connectivity index (χ1) is 4.74. The van der Waals surface area contributed by atoms with E-state index in [1.807, 2.05) is 6.92 Å². The first kappa shape index (κ1) is 7.95. The molecule has 1 rings (SSSR count). The third kappa shape index (κ3) is 1.67. The van der Waals surface area contributed by atoms with Crippen LogP contribution in [0, 0.1) is 0 Å². The third-order valence-corrected chi connectivity index (χ3v) is 2.42. The third-order valence-electron chi connectivity index (χ3n) is 1.01. The Morgan fingerprint density at radius 1 is 1.90 bits per heavy atom. The van der Waals surface area contributed by atoms with E-state index < -0.39 is 5.56 Å². The first-order valence-electron chi connectivity index (χ1n) is 2.93. The molecule has 0 N–H and O–H groups in total. The smallest absolute Gasteiger partial charge is 0.333 e. The minimum absolute atomic E-state index is 0.337.